The molecule has 4 aromatic rings. The van der Waals surface area contributed by atoms with E-state index in [0.29, 0.717) is 49.9 Å². The van der Waals surface area contributed by atoms with E-state index in [1.54, 1.807) is 21.7 Å². The average molecular weight is 518 g/mol. The molecule has 5 heterocycles. The topological polar surface area (TPSA) is 122 Å². The lowest BCUT2D eigenvalue weighted by Gasteiger charge is -2.38. The zero-order chi connectivity index (χ0) is 26.2. The van der Waals surface area contributed by atoms with Crippen LogP contribution in [0.2, 0.25) is 0 Å². The Labute approximate surface area is 219 Å². The number of ether oxygens (including phenoxy) is 1. The smallest absolute Gasteiger partial charge is 0.289 e. The Balaban J connectivity index is 1.37. The lowest BCUT2D eigenvalue weighted by Crippen LogP contribution is -2.50. The third kappa shape index (κ3) is 4.63. The molecule has 1 aromatic carbocycles. The molecule has 0 saturated carbocycles. The molecule has 0 aliphatic carbocycles. The monoisotopic (exact) mass is 517 g/mol. The zero-order valence-corrected chi connectivity index (χ0v) is 21.6. The van der Waals surface area contributed by atoms with E-state index < -0.39 is 6.04 Å². The summed E-state index contributed by atoms with van der Waals surface area (Å²) in [6.45, 7) is 7.40. The Hall–Kier alpha value is -3.83. The Morgan fingerprint density at radius 3 is 2.76 bits per heavy atom. The number of hydrogen-bond acceptors (Lipinski definition) is 8. The minimum atomic E-state index is -0.485. The summed E-state index contributed by atoms with van der Waals surface area (Å²) < 4.78 is 12.9. The van der Waals surface area contributed by atoms with Gasteiger partial charge in [0.25, 0.3) is 11.5 Å². The second-order valence-corrected chi connectivity index (χ2v) is 10.2. The van der Waals surface area contributed by atoms with Gasteiger partial charge in [0.05, 0.1) is 24.4 Å². The minimum Gasteiger partial charge on any atom is -0.459 e. The fourth-order valence-electron chi connectivity index (χ4n) is 5.66. The van der Waals surface area contributed by atoms with Crippen LogP contribution in [-0.4, -0.2) is 79.8 Å². The van der Waals surface area contributed by atoms with E-state index in [2.05, 4.69) is 37.5 Å². The van der Waals surface area contributed by atoms with Crippen LogP contribution < -0.4 is 5.56 Å². The van der Waals surface area contributed by atoms with Crippen molar-refractivity contribution < 1.29 is 13.9 Å². The fraction of sp³-hybridized carbons (Fsp3) is 0.444. The maximum absolute atomic E-state index is 13.6. The summed E-state index contributed by atoms with van der Waals surface area (Å²) in [7, 11) is 0. The predicted molar refractivity (Wildman–Crippen MR) is 139 cm³/mol. The summed E-state index contributed by atoms with van der Waals surface area (Å²) >= 11 is 0. The maximum Gasteiger partial charge on any atom is 0.289 e. The molecule has 2 aliphatic heterocycles. The number of amides is 1. The molecule has 1 N–H and O–H groups in total. The Morgan fingerprint density at radius 2 is 2.03 bits per heavy atom. The van der Waals surface area contributed by atoms with E-state index >= 15 is 0 Å². The molecule has 2 aliphatic rings. The van der Waals surface area contributed by atoms with Crippen LogP contribution in [-0.2, 0) is 11.3 Å². The number of hydrogen-bond donors (Lipinski definition) is 1. The number of aromatic nitrogens is 5. The zero-order valence-electron chi connectivity index (χ0n) is 21.6. The molecular formula is C27H31N7O4. The average Bonchev–Trinajstić information content (AvgIpc) is 3.70. The number of furan rings is 1. The van der Waals surface area contributed by atoms with Gasteiger partial charge in [-0.3, -0.25) is 14.5 Å². The number of nitrogens with one attached hydrogen (secondary N) is 1. The number of rotatable bonds is 6. The summed E-state index contributed by atoms with van der Waals surface area (Å²) in [5.41, 5.74) is 3.38. The van der Waals surface area contributed by atoms with Crippen LogP contribution in [0.15, 0.2) is 45.8 Å². The quantitative estimate of drug-likeness (QED) is 0.414. The van der Waals surface area contributed by atoms with Crippen molar-refractivity contribution in [1.82, 2.24) is 35.0 Å². The molecule has 2 saturated heterocycles. The second-order valence-electron chi connectivity index (χ2n) is 10.2. The normalized spacial score (nSPS) is 19.3. The Morgan fingerprint density at radius 1 is 1.18 bits per heavy atom. The third-order valence-corrected chi connectivity index (χ3v) is 7.52. The van der Waals surface area contributed by atoms with Crippen LogP contribution in [0.1, 0.15) is 52.0 Å². The lowest BCUT2D eigenvalue weighted by atomic mass is 10.00. The molecule has 38 heavy (non-hydrogen) atoms. The number of benzene rings is 1. The number of tetrazole rings is 1. The number of pyridine rings is 1. The van der Waals surface area contributed by atoms with Gasteiger partial charge < -0.3 is 19.0 Å². The van der Waals surface area contributed by atoms with Crippen molar-refractivity contribution in [2.45, 2.75) is 45.4 Å². The van der Waals surface area contributed by atoms with E-state index in [1.807, 2.05) is 19.9 Å². The number of nitrogens with zero attached hydrogens (tertiary/aromatic N) is 6. The summed E-state index contributed by atoms with van der Waals surface area (Å²) in [5, 5.41) is 13.7. The standard InChI is InChI=1S/C27H31N7O4/c1-17-13-18(2)23-19(14-17)15-21(26(35)28-23)24(25-29-30-31-34(25)16-20-5-3-11-37-20)32-7-9-33(10-8-32)27(36)22-6-4-12-38-22/h4,6,12-15,20,24H,3,5,7-11,16H2,1-2H3,(H,28,35). The van der Waals surface area contributed by atoms with Crippen molar-refractivity contribution in [3.63, 3.8) is 0 Å². The van der Waals surface area contributed by atoms with Crippen molar-refractivity contribution in [1.29, 1.82) is 0 Å². The van der Waals surface area contributed by atoms with E-state index in [0.717, 1.165) is 41.5 Å². The highest BCUT2D eigenvalue weighted by Gasteiger charge is 2.35. The lowest BCUT2D eigenvalue weighted by molar-refractivity contribution is 0.0550. The number of aromatic amines is 1. The van der Waals surface area contributed by atoms with E-state index in [4.69, 9.17) is 9.15 Å². The highest BCUT2D eigenvalue weighted by molar-refractivity contribution is 5.91. The molecule has 0 spiro atoms. The molecule has 11 nitrogen and oxygen atoms in total. The van der Waals surface area contributed by atoms with Gasteiger partial charge in [-0.2, -0.15) is 0 Å². The number of aryl methyl sites for hydroxylation is 2. The SMILES string of the molecule is Cc1cc(C)c2[nH]c(=O)c(C(c3nnnn3CC3CCCO3)N3CCN(C(=O)c4ccco4)CC3)cc2c1. The van der Waals surface area contributed by atoms with Gasteiger partial charge in [-0.25, -0.2) is 4.68 Å². The van der Waals surface area contributed by atoms with E-state index in [-0.39, 0.29) is 17.6 Å². The van der Waals surface area contributed by atoms with Crippen LogP contribution in [0.3, 0.4) is 0 Å². The number of piperazine rings is 1. The molecule has 1 amide bonds. The van der Waals surface area contributed by atoms with Crippen LogP contribution in [0, 0.1) is 13.8 Å². The van der Waals surface area contributed by atoms with Gasteiger partial charge in [-0.1, -0.05) is 11.6 Å². The van der Waals surface area contributed by atoms with Gasteiger partial charge in [0, 0.05) is 38.3 Å². The van der Waals surface area contributed by atoms with Gasteiger partial charge in [0.15, 0.2) is 11.6 Å². The van der Waals surface area contributed by atoms with Crippen molar-refractivity contribution in [2.75, 3.05) is 32.8 Å². The molecule has 2 unspecified atom stereocenters. The largest absolute Gasteiger partial charge is 0.459 e. The first-order valence-corrected chi connectivity index (χ1v) is 13.1. The van der Waals surface area contributed by atoms with Crippen molar-refractivity contribution >= 4 is 16.8 Å². The number of carbonyl (C=O) groups is 1. The summed E-state index contributed by atoms with van der Waals surface area (Å²) in [4.78, 5) is 33.5. The van der Waals surface area contributed by atoms with Crippen LogP contribution in [0.5, 0.6) is 0 Å². The molecule has 198 valence electrons. The molecule has 0 radical (unpaired) electrons. The van der Waals surface area contributed by atoms with E-state index in [9.17, 15) is 9.59 Å². The Bertz CT molecular complexity index is 1500. The number of H-pyrrole nitrogens is 1. The van der Waals surface area contributed by atoms with Gasteiger partial charge in [0.1, 0.15) is 6.04 Å². The molecule has 6 rings (SSSR count). The summed E-state index contributed by atoms with van der Waals surface area (Å²) in [5.74, 6) is 0.789. The Kier molecular flexibility index (Phi) is 6.54. The highest BCUT2D eigenvalue weighted by atomic mass is 16.5. The first-order chi connectivity index (χ1) is 18.5. The minimum absolute atomic E-state index is 0.0425. The predicted octanol–water partition coefficient (Wildman–Crippen LogP) is 2.45. The molecular weight excluding hydrogens is 486 g/mol. The molecule has 0 bridgehead atoms. The first-order valence-electron chi connectivity index (χ1n) is 13.1. The van der Waals surface area contributed by atoms with Gasteiger partial charge >= 0.3 is 0 Å². The van der Waals surface area contributed by atoms with Gasteiger partial charge in [0.2, 0.25) is 0 Å². The summed E-state index contributed by atoms with van der Waals surface area (Å²) in [6.07, 6.45) is 3.51. The first kappa shape index (κ1) is 24.5. The van der Waals surface area contributed by atoms with Crippen molar-refractivity contribution in [2.24, 2.45) is 0 Å². The highest BCUT2D eigenvalue weighted by Crippen LogP contribution is 2.29. The molecule has 2 fully saturated rings. The van der Waals surface area contributed by atoms with Gasteiger partial charge in [-0.05, 0) is 72.3 Å². The number of carbonyl (C=O) groups excluding carboxylic acids is 1. The van der Waals surface area contributed by atoms with Crippen molar-refractivity contribution in [3.05, 3.63) is 75.2 Å². The van der Waals surface area contributed by atoms with Crippen LogP contribution >= 0.6 is 0 Å². The fourth-order valence-corrected chi connectivity index (χ4v) is 5.66. The van der Waals surface area contributed by atoms with Crippen molar-refractivity contribution in [3.8, 4) is 0 Å². The molecule has 11 heteroatoms. The van der Waals surface area contributed by atoms with Crippen LogP contribution in [0.4, 0.5) is 0 Å². The number of fused-ring (bicyclic) bond motifs is 1. The summed E-state index contributed by atoms with van der Waals surface area (Å²) in [6, 6.07) is 9.00. The maximum atomic E-state index is 13.6. The van der Waals surface area contributed by atoms with Gasteiger partial charge in [-0.15, -0.1) is 5.10 Å². The van der Waals surface area contributed by atoms with Crippen LogP contribution in [0.25, 0.3) is 10.9 Å². The third-order valence-electron chi connectivity index (χ3n) is 7.52. The van der Waals surface area contributed by atoms with E-state index in [1.165, 1.54) is 6.26 Å². The molecule has 3 aromatic heterocycles. The second kappa shape index (κ2) is 10.1. The molecule has 2 atom stereocenters.